The highest BCUT2D eigenvalue weighted by atomic mass is 16.5. The Morgan fingerprint density at radius 1 is 1.45 bits per heavy atom. The number of hydrogen-bond donors (Lipinski definition) is 0. The van der Waals surface area contributed by atoms with Crippen molar-refractivity contribution in [2.75, 3.05) is 6.61 Å². The first-order valence-electron chi connectivity index (χ1n) is 3.61. The highest BCUT2D eigenvalue weighted by Crippen LogP contribution is 2.27. The number of fused-ring (bicyclic) bond motifs is 1. The monoisotopic (exact) mass is 148 g/mol. The van der Waals surface area contributed by atoms with Crippen LogP contribution in [0, 0.1) is 0 Å². The summed E-state index contributed by atoms with van der Waals surface area (Å²) in [5.74, 6) is 0.780. The van der Waals surface area contributed by atoms with Crippen LogP contribution in [0.2, 0.25) is 0 Å². The van der Waals surface area contributed by atoms with Gasteiger partial charge in [-0.3, -0.25) is 4.79 Å². The molecule has 0 amide bonds. The average molecular weight is 148 g/mol. The van der Waals surface area contributed by atoms with E-state index in [1.807, 2.05) is 12.1 Å². The Balaban J connectivity index is 2.58. The number of hydrogen-bond acceptors (Lipinski definition) is 2. The zero-order chi connectivity index (χ0) is 7.68. The quantitative estimate of drug-likeness (QED) is 0.563. The molecule has 0 radical (unpaired) electrons. The molecule has 0 aromatic heterocycles. The SMILES string of the molecule is O=Cc1cccc2c1OCC2. The van der Waals surface area contributed by atoms with Gasteiger partial charge >= 0.3 is 0 Å². The van der Waals surface area contributed by atoms with Crippen LogP contribution in [0.25, 0.3) is 0 Å². The molecule has 1 aliphatic heterocycles. The van der Waals surface area contributed by atoms with Gasteiger partial charge in [0, 0.05) is 6.42 Å². The first-order chi connectivity index (χ1) is 5.42. The van der Waals surface area contributed by atoms with Gasteiger partial charge < -0.3 is 4.74 Å². The standard InChI is InChI=1S/C9H8O2/c10-6-8-3-1-2-7-4-5-11-9(7)8/h1-3,6H,4-5H2. The van der Waals surface area contributed by atoms with Gasteiger partial charge in [-0.15, -0.1) is 0 Å². The minimum Gasteiger partial charge on any atom is -0.492 e. The largest absolute Gasteiger partial charge is 0.492 e. The number of carbonyl (C=O) groups is 1. The van der Waals surface area contributed by atoms with Crippen LogP contribution in [-0.2, 0) is 6.42 Å². The summed E-state index contributed by atoms with van der Waals surface area (Å²) in [6, 6.07) is 5.66. The maximum atomic E-state index is 10.5. The summed E-state index contributed by atoms with van der Waals surface area (Å²) in [5.41, 5.74) is 1.81. The van der Waals surface area contributed by atoms with Gasteiger partial charge in [-0.25, -0.2) is 0 Å². The highest BCUT2D eigenvalue weighted by Gasteiger charge is 2.14. The third-order valence-electron chi connectivity index (χ3n) is 1.87. The number of aldehydes is 1. The van der Waals surface area contributed by atoms with Crippen molar-refractivity contribution in [1.29, 1.82) is 0 Å². The van der Waals surface area contributed by atoms with E-state index < -0.39 is 0 Å². The maximum absolute atomic E-state index is 10.5. The Bertz CT molecular complexity index is 292. The van der Waals surface area contributed by atoms with Gasteiger partial charge in [0.2, 0.25) is 0 Å². The van der Waals surface area contributed by atoms with E-state index in [1.165, 1.54) is 0 Å². The van der Waals surface area contributed by atoms with Crippen molar-refractivity contribution in [1.82, 2.24) is 0 Å². The van der Waals surface area contributed by atoms with Gasteiger partial charge in [-0.2, -0.15) is 0 Å². The predicted octanol–water partition coefficient (Wildman–Crippen LogP) is 1.43. The molecule has 0 atom stereocenters. The van der Waals surface area contributed by atoms with E-state index in [2.05, 4.69) is 0 Å². The minimum absolute atomic E-state index is 0.667. The van der Waals surface area contributed by atoms with Crippen LogP contribution in [0.1, 0.15) is 15.9 Å². The van der Waals surface area contributed by atoms with Gasteiger partial charge in [0.15, 0.2) is 6.29 Å². The van der Waals surface area contributed by atoms with E-state index in [0.29, 0.717) is 12.2 Å². The summed E-state index contributed by atoms with van der Waals surface area (Å²) in [7, 11) is 0. The number of ether oxygens (including phenoxy) is 1. The number of benzene rings is 1. The van der Waals surface area contributed by atoms with Gasteiger partial charge in [0.25, 0.3) is 0 Å². The Hall–Kier alpha value is -1.31. The molecular weight excluding hydrogens is 140 g/mol. The van der Waals surface area contributed by atoms with E-state index in [4.69, 9.17) is 4.74 Å². The summed E-state index contributed by atoms with van der Waals surface area (Å²) >= 11 is 0. The normalized spacial score (nSPS) is 13.8. The lowest BCUT2D eigenvalue weighted by Gasteiger charge is -1.99. The molecule has 11 heavy (non-hydrogen) atoms. The Kier molecular flexibility index (Phi) is 1.39. The molecule has 1 aromatic rings. The zero-order valence-electron chi connectivity index (χ0n) is 6.04. The molecule has 0 fully saturated rings. The van der Waals surface area contributed by atoms with Gasteiger partial charge in [-0.05, 0) is 11.6 Å². The topological polar surface area (TPSA) is 26.3 Å². The van der Waals surface area contributed by atoms with Crippen LogP contribution in [-0.4, -0.2) is 12.9 Å². The fourth-order valence-corrected chi connectivity index (χ4v) is 1.33. The highest BCUT2D eigenvalue weighted by molar-refractivity contribution is 5.80. The lowest BCUT2D eigenvalue weighted by atomic mass is 10.1. The number of carbonyl (C=O) groups excluding carboxylic acids is 1. The number of para-hydroxylation sites is 1. The second kappa shape index (κ2) is 2.38. The van der Waals surface area contributed by atoms with Crippen molar-refractivity contribution >= 4 is 6.29 Å². The molecule has 0 aliphatic carbocycles. The summed E-state index contributed by atoms with van der Waals surface area (Å²) in [6.07, 6.45) is 1.77. The Morgan fingerprint density at radius 2 is 2.36 bits per heavy atom. The van der Waals surface area contributed by atoms with Gasteiger partial charge in [-0.1, -0.05) is 12.1 Å². The van der Waals surface area contributed by atoms with E-state index in [1.54, 1.807) is 6.07 Å². The first-order valence-corrected chi connectivity index (χ1v) is 3.61. The molecule has 0 saturated heterocycles. The third kappa shape index (κ3) is 0.909. The van der Waals surface area contributed by atoms with Crippen LogP contribution in [0.4, 0.5) is 0 Å². The molecule has 0 spiro atoms. The smallest absolute Gasteiger partial charge is 0.153 e. The van der Waals surface area contributed by atoms with Crippen molar-refractivity contribution in [3.63, 3.8) is 0 Å². The molecular formula is C9H8O2. The molecule has 2 rings (SSSR count). The summed E-state index contributed by atoms with van der Waals surface area (Å²) < 4.78 is 5.29. The van der Waals surface area contributed by atoms with Crippen molar-refractivity contribution < 1.29 is 9.53 Å². The summed E-state index contributed by atoms with van der Waals surface area (Å²) in [5, 5.41) is 0. The lowest BCUT2D eigenvalue weighted by molar-refractivity contribution is 0.112. The Labute approximate surface area is 64.8 Å². The van der Waals surface area contributed by atoms with Crippen molar-refractivity contribution in [2.45, 2.75) is 6.42 Å². The van der Waals surface area contributed by atoms with Crippen LogP contribution in [0.15, 0.2) is 18.2 Å². The molecule has 2 heteroatoms. The second-order valence-corrected chi connectivity index (χ2v) is 2.55. The first kappa shape index (κ1) is 6.40. The van der Waals surface area contributed by atoms with E-state index in [0.717, 1.165) is 24.0 Å². The molecule has 56 valence electrons. The van der Waals surface area contributed by atoms with Gasteiger partial charge in [0.05, 0.1) is 12.2 Å². The summed E-state index contributed by atoms with van der Waals surface area (Å²) in [4.78, 5) is 10.5. The van der Waals surface area contributed by atoms with Crippen molar-refractivity contribution in [3.8, 4) is 5.75 Å². The fraction of sp³-hybridized carbons (Fsp3) is 0.222. The molecule has 0 unspecified atom stereocenters. The zero-order valence-corrected chi connectivity index (χ0v) is 6.04. The van der Waals surface area contributed by atoms with Crippen LogP contribution in [0.5, 0.6) is 5.75 Å². The average Bonchev–Trinajstić information content (AvgIpc) is 2.50. The molecule has 2 nitrogen and oxygen atoms in total. The van der Waals surface area contributed by atoms with Crippen molar-refractivity contribution in [2.24, 2.45) is 0 Å². The van der Waals surface area contributed by atoms with E-state index in [-0.39, 0.29) is 0 Å². The molecule has 1 aromatic carbocycles. The molecule has 0 N–H and O–H groups in total. The van der Waals surface area contributed by atoms with E-state index in [9.17, 15) is 4.79 Å². The molecule has 1 aliphatic rings. The predicted molar refractivity (Wildman–Crippen MR) is 41.0 cm³/mol. The lowest BCUT2D eigenvalue weighted by Crippen LogP contribution is -1.89. The van der Waals surface area contributed by atoms with Crippen molar-refractivity contribution in [3.05, 3.63) is 29.3 Å². The fourth-order valence-electron chi connectivity index (χ4n) is 1.33. The number of rotatable bonds is 1. The van der Waals surface area contributed by atoms with Gasteiger partial charge in [0.1, 0.15) is 5.75 Å². The summed E-state index contributed by atoms with van der Waals surface area (Å²) in [6.45, 7) is 0.709. The third-order valence-corrected chi connectivity index (χ3v) is 1.87. The Morgan fingerprint density at radius 3 is 3.18 bits per heavy atom. The molecule has 0 bridgehead atoms. The minimum atomic E-state index is 0.667. The van der Waals surface area contributed by atoms with Crippen LogP contribution >= 0.6 is 0 Å². The molecule has 0 saturated carbocycles. The second-order valence-electron chi connectivity index (χ2n) is 2.55. The molecule has 1 heterocycles. The van der Waals surface area contributed by atoms with Crippen LogP contribution < -0.4 is 4.74 Å². The van der Waals surface area contributed by atoms with Crippen LogP contribution in [0.3, 0.4) is 0 Å². The van der Waals surface area contributed by atoms with E-state index >= 15 is 0 Å². The maximum Gasteiger partial charge on any atom is 0.153 e.